The second-order valence-electron chi connectivity index (χ2n) is 5.57. The van der Waals surface area contributed by atoms with Gasteiger partial charge < -0.3 is 16.0 Å². The Bertz CT molecular complexity index is 865. The minimum absolute atomic E-state index is 0.205. The lowest BCUT2D eigenvalue weighted by molar-refractivity contribution is 0.102. The summed E-state index contributed by atoms with van der Waals surface area (Å²) in [6.45, 7) is 0.386. The summed E-state index contributed by atoms with van der Waals surface area (Å²) in [5, 5.41) is 8.29. The molecule has 2 aromatic carbocycles. The molecular formula is C20H18N4O2. The van der Waals surface area contributed by atoms with E-state index in [0.29, 0.717) is 17.8 Å². The first-order valence-electron chi connectivity index (χ1n) is 8.11. The molecule has 130 valence electrons. The van der Waals surface area contributed by atoms with Gasteiger partial charge in [-0.1, -0.05) is 24.3 Å². The highest BCUT2D eigenvalue weighted by Gasteiger charge is 2.07. The van der Waals surface area contributed by atoms with Crippen LogP contribution in [0.25, 0.3) is 0 Å². The lowest BCUT2D eigenvalue weighted by Gasteiger charge is -2.09. The third kappa shape index (κ3) is 4.91. The molecule has 3 rings (SSSR count). The molecule has 0 saturated heterocycles. The van der Waals surface area contributed by atoms with Crippen LogP contribution in [-0.4, -0.2) is 16.9 Å². The third-order valence-electron chi connectivity index (χ3n) is 3.61. The molecule has 1 aromatic heterocycles. The van der Waals surface area contributed by atoms with Gasteiger partial charge in [0.15, 0.2) is 0 Å². The van der Waals surface area contributed by atoms with Crippen molar-refractivity contribution in [3.05, 3.63) is 90.3 Å². The van der Waals surface area contributed by atoms with Crippen LogP contribution in [0.2, 0.25) is 0 Å². The summed E-state index contributed by atoms with van der Waals surface area (Å²) in [6.07, 6.45) is 3.37. The lowest BCUT2D eigenvalue weighted by atomic mass is 10.2. The highest BCUT2D eigenvalue weighted by Crippen LogP contribution is 2.12. The van der Waals surface area contributed by atoms with Crippen LogP contribution in [0.3, 0.4) is 0 Å². The maximum absolute atomic E-state index is 12.2. The zero-order chi connectivity index (χ0) is 18.2. The van der Waals surface area contributed by atoms with Crippen molar-refractivity contribution in [3.8, 4) is 0 Å². The van der Waals surface area contributed by atoms with E-state index in [4.69, 9.17) is 0 Å². The number of hydrogen-bond acceptors (Lipinski definition) is 3. The fourth-order valence-electron chi connectivity index (χ4n) is 2.29. The van der Waals surface area contributed by atoms with Crippen LogP contribution in [0.15, 0.2) is 79.1 Å². The van der Waals surface area contributed by atoms with Crippen LogP contribution in [0.1, 0.15) is 15.9 Å². The van der Waals surface area contributed by atoms with E-state index < -0.39 is 0 Å². The molecule has 6 heteroatoms. The van der Waals surface area contributed by atoms with Crippen molar-refractivity contribution in [3.63, 3.8) is 0 Å². The van der Waals surface area contributed by atoms with Gasteiger partial charge in [-0.25, -0.2) is 4.79 Å². The number of anilines is 2. The molecule has 0 fully saturated rings. The average Bonchev–Trinajstić information content (AvgIpc) is 2.68. The Balaban J connectivity index is 1.52. The highest BCUT2D eigenvalue weighted by molar-refractivity contribution is 6.04. The van der Waals surface area contributed by atoms with Gasteiger partial charge >= 0.3 is 6.03 Å². The van der Waals surface area contributed by atoms with Gasteiger partial charge in [0.2, 0.25) is 0 Å². The van der Waals surface area contributed by atoms with E-state index in [9.17, 15) is 9.59 Å². The van der Waals surface area contributed by atoms with Crippen LogP contribution in [0, 0.1) is 0 Å². The van der Waals surface area contributed by atoms with E-state index in [-0.39, 0.29) is 11.9 Å². The molecule has 0 radical (unpaired) electrons. The van der Waals surface area contributed by atoms with Crippen LogP contribution in [0.4, 0.5) is 16.2 Å². The number of aromatic nitrogens is 1. The fraction of sp³-hybridized carbons (Fsp3) is 0.0500. The summed E-state index contributed by atoms with van der Waals surface area (Å²) in [5.74, 6) is -0.205. The summed E-state index contributed by atoms with van der Waals surface area (Å²) in [7, 11) is 0. The van der Waals surface area contributed by atoms with Gasteiger partial charge in [-0.2, -0.15) is 0 Å². The second kappa shape index (κ2) is 8.43. The average molecular weight is 346 g/mol. The molecule has 3 aromatic rings. The molecule has 0 aliphatic heterocycles. The van der Waals surface area contributed by atoms with Crippen molar-refractivity contribution in [1.82, 2.24) is 10.3 Å². The van der Waals surface area contributed by atoms with E-state index in [2.05, 4.69) is 20.9 Å². The van der Waals surface area contributed by atoms with Gasteiger partial charge in [0.05, 0.1) is 0 Å². The number of carbonyl (C=O) groups is 2. The van der Waals surface area contributed by atoms with Gasteiger partial charge in [-0.05, 0) is 48.0 Å². The maximum Gasteiger partial charge on any atom is 0.319 e. The predicted molar refractivity (Wildman–Crippen MR) is 101 cm³/mol. The highest BCUT2D eigenvalue weighted by atomic mass is 16.2. The molecule has 26 heavy (non-hydrogen) atoms. The second-order valence-corrected chi connectivity index (χ2v) is 5.57. The minimum atomic E-state index is -0.324. The quantitative estimate of drug-likeness (QED) is 0.659. The van der Waals surface area contributed by atoms with Crippen LogP contribution >= 0.6 is 0 Å². The molecular weight excluding hydrogens is 328 g/mol. The summed E-state index contributed by atoms with van der Waals surface area (Å²) < 4.78 is 0. The monoisotopic (exact) mass is 346 g/mol. The summed E-state index contributed by atoms with van der Waals surface area (Å²) >= 11 is 0. The Morgan fingerprint density at radius 1 is 0.808 bits per heavy atom. The molecule has 1 heterocycles. The Morgan fingerprint density at radius 3 is 2.23 bits per heavy atom. The zero-order valence-corrected chi connectivity index (χ0v) is 14.0. The van der Waals surface area contributed by atoms with Crippen molar-refractivity contribution in [2.24, 2.45) is 0 Å². The fourth-order valence-corrected chi connectivity index (χ4v) is 2.29. The molecule has 3 N–H and O–H groups in total. The smallest absolute Gasteiger partial charge is 0.319 e. The van der Waals surface area contributed by atoms with Gasteiger partial charge in [-0.3, -0.25) is 9.78 Å². The number of amides is 3. The van der Waals surface area contributed by atoms with Crippen molar-refractivity contribution < 1.29 is 9.59 Å². The summed E-state index contributed by atoms with van der Waals surface area (Å²) in [6, 6.07) is 19.3. The third-order valence-corrected chi connectivity index (χ3v) is 3.61. The van der Waals surface area contributed by atoms with E-state index in [1.165, 1.54) is 0 Å². The molecule has 0 saturated carbocycles. The molecule has 6 nitrogen and oxygen atoms in total. The molecule has 0 aliphatic rings. The van der Waals surface area contributed by atoms with Gasteiger partial charge in [0.25, 0.3) is 5.91 Å². The van der Waals surface area contributed by atoms with Crippen LogP contribution in [0.5, 0.6) is 0 Å². The van der Waals surface area contributed by atoms with E-state index in [1.54, 1.807) is 36.7 Å². The molecule has 0 spiro atoms. The molecule has 0 atom stereocenters. The van der Waals surface area contributed by atoms with E-state index in [1.807, 2.05) is 42.5 Å². The number of rotatable bonds is 5. The first kappa shape index (κ1) is 17.2. The molecule has 3 amide bonds. The Labute approximate surface area is 151 Å². The number of nitrogens with zero attached hydrogens (tertiary/aromatic N) is 1. The Hall–Kier alpha value is -3.67. The largest absolute Gasteiger partial charge is 0.334 e. The van der Waals surface area contributed by atoms with Crippen LogP contribution in [-0.2, 0) is 6.54 Å². The van der Waals surface area contributed by atoms with E-state index in [0.717, 1.165) is 11.3 Å². The summed E-state index contributed by atoms with van der Waals surface area (Å²) in [4.78, 5) is 28.1. The van der Waals surface area contributed by atoms with Crippen molar-refractivity contribution in [1.29, 1.82) is 0 Å². The first-order chi connectivity index (χ1) is 12.7. The van der Waals surface area contributed by atoms with Crippen LogP contribution < -0.4 is 16.0 Å². The van der Waals surface area contributed by atoms with Crippen molar-refractivity contribution >= 4 is 23.3 Å². The topological polar surface area (TPSA) is 83.1 Å². The standard InChI is InChI=1S/C20H18N4O2/c25-19(23-17-6-2-1-3-7-17)16-8-10-18(11-9-16)24-20(26)22-14-15-5-4-12-21-13-15/h1-13H,14H2,(H,23,25)(H2,22,24,26). The van der Waals surface area contributed by atoms with Crippen molar-refractivity contribution in [2.45, 2.75) is 6.54 Å². The Morgan fingerprint density at radius 2 is 1.54 bits per heavy atom. The lowest BCUT2D eigenvalue weighted by Crippen LogP contribution is -2.28. The number of urea groups is 1. The summed E-state index contributed by atoms with van der Waals surface area (Å²) in [5.41, 5.74) is 2.75. The molecule has 0 bridgehead atoms. The number of benzene rings is 2. The number of para-hydroxylation sites is 1. The number of hydrogen-bond donors (Lipinski definition) is 3. The SMILES string of the molecule is O=C(NCc1cccnc1)Nc1ccc(C(=O)Nc2ccccc2)cc1. The molecule has 0 aliphatic carbocycles. The first-order valence-corrected chi connectivity index (χ1v) is 8.11. The van der Waals surface area contributed by atoms with Gasteiger partial charge in [-0.15, -0.1) is 0 Å². The van der Waals surface area contributed by atoms with E-state index >= 15 is 0 Å². The molecule has 0 unspecified atom stereocenters. The number of nitrogens with one attached hydrogen (secondary N) is 3. The Kier molecular flexibility index (Phi) is 5.57. The van der Waals surface area contributed by atoms with Crippen molar-refractivity contribution in [2.75, 3.05) is 10.6 Å². The number of carbonyl (C=O) groups excluding carboxylic acids is 2. The number of pyridine rings is 1. The zero-order valence-electron chi connectivity index (χ0n) is 14.0. The normalized spacial score (nSPS) is 10.0. The maximum atomic E-state index is 12.2. The van der Waals surface area contributed by atoms with Gasteiger partial charge in [0.1, 0.15) is 0 Å². The minimum Gasteiger partial charge on any atom is -0.334 e. The predicted octanol–water partition coefficient (Wildman–Crippen LogP) is 3.66. The van der Waals surface area contributed by atoms with Gasteiger partial charge in [0, 0.05) is 35.9 Å².